The normalized spacial score (nSPS) is 14.6. The van der Waals surface area contributed by atoms with Crippen LogP contribution in [0.4, 0.5) is 0 Å². The van der Waals surface area contributed by atoms with Gasteiger partial charge in [0.05, 0.1) is 6.61 Å². The van der Waals surface area contributed by atoms with Gasteiger partial charge in [-0.2, -0.15) is 0 Å². The minimum Gasteiger partial charge on any atom is -0.493 e. The van der Waals surface area contributed by atoms with E-state index in [-0.39, 0.29) is 5.91 Å². The molecule has 1 aliphatic carbocycles. The van der Waals surface area contributed by atoms with Crippen molar-refractivity contribution in [1.82, 2.24) is 14.7 Å². The molecule has 2 aromatic heterocycles. The van der Waals surface area contributed by atoms with Crippen molar-refractivity contribution in [3.05, 3.63) is 66.1 Å². The molecule has 1 fully saturated rings. The van der Waals surface area contributed by atoms with E-state index in [0.717, 1.165) is 23.6 Å². The molecule has 0 unspecified atom stereocenters. The Kier molecular flexibility index (Phi) is 4.86. The van der Waals surface area contributed by atoms with Gasteiger partial charge in [0, 0.05) is 30.7 Å². The maximum atomic E-state index is 12.3. The molecule has 5 heteroatoms. The van der Waals surface area contributed by atoms with Crippen LogP contribution in [0.2, 0.25) is 0 Å². The zero-order valence-electron chi connectivity index (χ0n) is 14.7. The molecule has 4 rings (SSSR count). The molecule has 0 spiro atoms. The predicted molar refractivity (Wildman–Crippen MR) is 100 cm³/mol. The highest BCUT2D eigenvalue weighted by molar-refractivity contribution is 5.94. The van der Waals surface area contributed by atoms with Gasteiger partial charge in [-0.1, -0.05) is 25.0 Å². The smallest absolute Gasteiger partial charge is 0.251 e. The molecular weight excluding hydrogens is 326 g/mol. The second kappa shape index (κ2) is 7.60. The molecule has 3 aromatic rings. The Bertz CT molecular complexity index is 880. The van der Waals surface area contributed by atoms with Crippen molar-refractivity contribution < 1.29 is 9.53 Å². The summed E-state index contributed by atoms with van der Waals surface area (Å²) in [6.07, 6.45) is 10.7. The summed E-state index contributed by atoms with van der Waals surface area (Å²) in [7, 11) is 0. The van der Waals surface area contributed by atoms with Gasteiger partial charge in [-0.3, -0.25) is 4.79 Å². The molecule has 0 saturated heterocycles. The average molecular weight is 349 g/mol. The Balaban J connectivity index is 1.30. The van der Waals surface area contributed by atoms with Gasteiger partial charge in [-0.15, -0.1) is 0 Å². The molecule has 0 radical (unpaired) electrons. The summed E-state index contributed by atoms with van der Waals surface area (Å²) in [4.78, 5) is 16.5. The molecule has 0 aliphatic heterocycles. The summed E-state index contributed by atoms with van der Waals surface area (Å²) in [6, 6.07) is 11.5. The summed E-state index contributed by atoms with van der Waals surface area (Å²) in [5, 5.41) is 2.95. The van der Waals surface area contributed by atoms with Crippen LogP contribution in [0, 0.1) is 5.92 Å². The number of pyridine rings is 1. The number of aromatic nitrogens is 2. The van der Waals surface area contributed by atoms with Gasteiger partial charge in [0.1, 0.15) is 11.4 Å². The van der Waals surface area contributed by atoms with Gasteiger partial charge in [0.15, 0.2) is 0 Å². The van der Waals surface area contributed by atoms with E-state index in [4.69, 9.17) is 4.74 Å². The third-order valence-electron chi connectivity index (χ3n) is 5.00. The minimum absolute atomic E-state index is 0.0999. The molecule has 2 heterocycles. The van der Waals surface area contributed by atoms with Crippen molar-refractivity contribution in [2.75, 3.05) is 6.61 Å². The van der Waals surface area contributed by atoms with Crippen molar-refractivity contribution in [2.45, 2.75) is 32.2 Å². The van der Waals surface area contributed by atoms with Crippen LogP contribution in [0.3, 0.4) is 0 Å². The fourth-order valence-corrected chi connectivity index (χ4v) is 3.43. The number of fused-ring (bicyclic) bond motifs is 1. The van der Waals surface area contributed by atoms with E-state index < -0.39 is 0 Å². The molecule has 1 saturated carbocycles. The van der Waals surface area contributed by atoms with E-state index in [2.05, 4.69) is 10.3 Å². The molecule has 1 aromatic carbocycles. The van der Waals surface area contributed by atoms with Gasteiger partial charge in [-0.05, 0) is 48.6 Å². The number of carbonyl (C=O) groups excluding carboxylic acids is 1. The molecule has 5 nitrogen and oxygen atoms in total. The zero-order chi connectivity index (χ0) is 17.8. The first-order chi connectivity index (χ1) is 12.8. The summed E-state index contributed by atoms with van der Waals surface area (Å²) < 4.78 is 7.75. The number of ether oxygens (including phenoxy) is 1. The Morgan fingerprint density at radius 1 is 1.15 bits per heavy atom. The summed E-state index contributed by atoms with van der Waals surface area (Å²) in [5.41, 5.74) is 2.43. The minimum atomic E-state index is -0.0999. The van der Waals surface area contributed by atoms with E-state index in [1.807, 2.05) is 41.1 Å². The van der Waals surface area contributed by atoms with Crippen LogP contribution in [0.5, 0.6) is 5.75 Å². The third-order valence-corrected chi connectivity index (χ3v) is 5.00. The molecule has 134 valence electrons. The highest BCUT2D eigenvalue weighted by atomic mass is 16.5. The van der Waals surface area contributed by atoms with Crippen molar-refractivity contribution in [3.63, 3.8) is 0 Å². The van der Waals surface area contributed by atoms with Gasteiger partial charge in [0.25, 0.3) is 5.91 Å². The van der Waals surface area contributed by atoms with Crippen LogP contribution < -0.4 is 10.1 Å². The lowest BCUT2D eigenvalue weighted by atomic mass is 10.1. The van der Waals surface area contributed by atoms with E-state index in [1.165, 1.54) is 25.7 Å². The van der Waals surface area contributed by atoms with Gasteiger partial charge < -0.3 is 14.5 Å². The standard InChI is InChI=1S/C21H23N3O2/c25-21(18-9-11-24-12-10-22-20(24)13-18)23-14-16-5-7-19(8-6-16)26-15-17-3-1-2-4-17/h5-13,17H,1-4,14-15H2,(H,23,25). The van der Waals surface area contributed by atoms with E-state index >= 15 is 0 Å². The lowest BCUT2D eigenvalue weighted by molar-refractivity contribution is 0.0951. The van der Waals surface area contributed by atoms with Crippen LogP contribution in [-0.4, -0.2) is 21.9 Å². The van der Waals surface area contributed by atoms with Gasteiger partial charge >= 0.3 is 0 Å². The Morgan fingerprint density at radius 3 is 2.77 bits per heavy atom. The quantitative estimate of drug-likeness (QED) is 0.736. The van der Waals surface area contributed by atoms with Crippen molar-refractivity contribution in [3.8, 4) is 5.75 Å². The fraction of sp³-hybridized carbons (Fsp3) is 0.333. The second-order valence-corrected chi connectivity index (χ2v) is 6.90. The van der Waals surface area contributed by atoms with Gasteiger partial charge in [0.2, 0.25) is 0 Å². The topological polar surface area (TPSA) is 55.6 Å². The highest BCUT2D eigenvalue weighted by Gasteiger charge is 2.15. The van der Waals surface area contributed by atoms with Crippen molar-refractivity contribution in [2.24, 2.45) is 5.92 Å². The monoisotopic (exact) mass is 349 g/mol. The molecule has 0 atom stereocenters. The lowest BCUT2D eigenvalue weighted by Crippen LogP contribution is -2.22. The second-order valence-electron chi connectivity index (χ2n) is 6.90. The first-order valence-electron chi connectivity index (χ1n) is 9.20. The number of hydrogen-bond donors (Lipinski definition) is 1. The molecule has 0 bridgehead atoms. The molecular formula is C21H23N3O2. The molecule has 26 heavy (non-hydrogen) atoms. The number of carbonyl (C=O) groups is 1. The molecule has 1 aliphatic rings. The van der Waals surface area contributed by atoms with Crippen LogP contribution in [-0.2, 0) is 6.54 Å². The van der Waals surface area contributed by atoms with E-state index in [1.54, 1.807) is 18.3 Å². The fourth-order valence-electron chi connectivity index (χ4n) is 3.43. The van der Waals surface area contributed by atoms with Crippen molar-refractivity contribution >= 4 is 11.6 Å². The van der Waals surface area contributed by atoms with Crippen LogP contribution >= 0.6 is 0 Å². The predicted octanol–water partition coefficient (Wildman–Crippen LogP) is 3.83. The summed E-state index contributed by atoms with van der Waals surface area (Å²) in [5.74, 6) is 1.51. The largest absolute Gasteiger partial charge is 0.493 e. The number of benzene rings is 1. The van der Waals surface area contributed by atoms with Crippen LogP contribution in [0.25, 0.3) is 5.65 Å². The average Bonchev–Trinajstić information content (AvgIpc) is 3.36. The maximum Gasteiger partial charge on any atom is 0.251 e. The van der Waals surface area contributed by atoms with Crippen LogP contribution in [0.1, 0.15) is 41.6 Å². The van der Waals surface area contributed by atoms with Crippen LogP contribution in [0.15, 0.2) is 55.0 Å². The van der Waals surface area contributed by atoms with Crippen molar-refractivity contribution in [1.29, 1.82) is 0 Å². The Morgan fingerprint density at radius 2 is 1.96 bits per heavy atom. The van der Waals surface area contributed by atoms with E-state index in [0.29, 0.717) is 18.0 Å². The number of imidazole rings is 1. The van der Waals surface area contributed by atoms with Gasteiger partial charge in [-0.25, -0.2) is 4.98 Å². The summed E-state index contributed by atoms with van der Waals surface area (Å²) >= 11 is 0. The SMILES string of the molecule is O=C(NCc1ccc(OCC2CCCC2)cc1)c1ccn2ccnc2c1. The zero-order valence-corrected chi connectivity index (χ0v) is 14.7. The lowest BCUT2D eigenvalue weighted by Gasteiger charge is -2.12. The highest BCUT2D eigenvalue weighted by Crippen LogP contribution is 2.25. The first-order valence-corrected chi connectivity index (χ1v) is 9.20. The Labute approximate surface area is 153 Å². The third kappa shape index (κ3) is 3.87. The molecule has 1 amide bonds. The number of hydrogen-bond acceptors (Lipinski definition) is 3. The molecule has 1 N–H and O–H groups in total. The maximum absolute atomic E-state index is 12.3. The number of nitrogens with zero attached hydrogens (tertiary/aromatic N) is 2. The summed E-state index contributed by atoms with van der Waals surface area (Å²) in [6.45, 7) is 1.30. The Hall–Kier alpha value is -2.82. The first kappa shape index (κ1) is 16.6. The van der Waals surface area contributed by atoms with E-state index in [9.17, 15) is 4.79 Å². The number of nitrogens with one attached hydrogen (secondary N) is 1. The number of rotatable bonds is 6. The number of amides is 1.